The van der Waals surface area contributed by atoms with Gasteiger partial charge in [-0.3, -0.25) is 4.79 Å². The second-order valence-electron chi connectivity index (χ2n) is 3.95. The number of carbonyl (C=O) groups excluding carboxylic acids is 1. The summed E-state index contributed by atoms with van der Waals surface area (Å²) in [5.41, 5.74) is 6.89. The summed E-state index contributed by atoms with van der Waals surface area (Å²) in [5, 5.41) is 9.85. The van der Waals surface area contributed by atoms with Crippen molar-refractivity contribution in [3.63, 3.8) is 0 Å². The molecular formula is C12H16N2O4. The van der Waals surface area contributed by atoms with Crippen LogP contribution >= 0.6 is 0 Å². The molecule has 18 heavy (non-hydrogen) atoms. The summed E-state index contributed by atoms with van der Waals surface area (Å²) in [6, 6.07) is 3.41. The summed E-state index contributed by atoms with van der Waals surface area (Å²) < 4.78 is 10.4. The lowest BCUT2D eigenvalue weighted by molar-refractivity contribution is -0.115. The molecule has 98 valence electrons. The zero-order valence-corrected chi connectivity index (χ0v) is 10.1. The third kappa shape index (κ3) is 2.12. The average molecular weight is 252 g/mol. The van der Waals surface area contributed by atoms with Gasteiger partial charge >= 0.3 is 0 Å². The Morgan fingerprint density at radius 3 is 3.06 bits per heavy atom. The summed E-state index contributed by atoms with van der Waals surface area (Å²) >= 11 is 0. The molecule has 0 bridgehead atoms. The number of aromatic hydroxyl groups is 1. The van der Waals surface area contributed by atoms with Crippen molar-refractivity contribution in [1.29, 1.82) is 0 Å². The number of rotatable bonds is 4. The van der Waals surface area contributed by atoms with Gasteiger partial charge in [0.15, 0.2) is 24.0 Å². The van der Waals surface area contributed by atoms with Crippen molar-refractivity contribution in [2.75, 3.05) is 25.2 Å². The Labute approximate surface area is 105 Å². The maximum atomic E-state index is 10.9. The summed E-state index contributed by atoms with van der Waals surface area (Å²) in [7, 11) is 1.47. The summed E-state index contributed by atoms with van der Waals surface area (Å²) in [6.07, 6.45) is 0.152. The molecule has 1 aliphatic rings. The van der Waals surface area contributed by atoms with Gasteiger partial charge in [-0.05, 0) is 6.07 Å². The van der Waals surface area contributed by atoms with E-state index in [1.54, 1.807) is 17.0 Å². The lowest BCUT2D eigenvalue weighted by atomic mass is 10.1. The van der Waals surface area contributed by atoms with E-state index >= 15 is 0 Å². The first-order chi connectivity index (χ1) is 8.71. The Kier molecular flexibility index (Phi) is 3.69. The molecule has 0 radical (unpaired) electrons. The fourth-order valence-electron chi connectivity index (χ4n) is 2.00. The largest absolute Gasteiger partial charge is 0.504 e. The quantitative estimate of drug-likeness (QED) is 0.746. The molecule has 0 aromatic heterocycles. The fraction of sp³-hybridized carbons (Fsp3) is 0.417. The summed E-state index contributed by atoms with van der Waals surface area (Å²) in [4.78, 5) is 12.7. The molecule has 2 rings (SSSR count). The second kappa shape index (κ2) is 5.24. The third-order valence-corrected chi connectivity index (χ3v) is 2.95. The van der Waals surface area contributed by atoms with Crippen LogP contribution in [0.5, 0.6) is 11.5 Å². The molecule has 6 heteroatoms. The van der Waals surface area contributed by atoms with Crippen molar-refractivity contribution >= 4 is 12.0 Å². The van der Waals surface area contributed by atoms with E-state index in [1.165, 1.54) is 7.11 Å². The normalized spacial score (nSPS) is 19.0. The zero-order valence-electron chi connectivity index (χ0n) is 10.1. The minimum atomic E-state index is -0.593. The van der Waals surface area contributed by atoms with E-state index in [2.05, 4.69) is 0 Å². The number of hydrogen-bond acceptors (Lipinski definition) is 6. The van der Waals surface area contributed by atoms with Gasteiger partial charge in [0.25, 0.3) is 0 Å². The van der Waals surface area contributed by atoms with E-state index in [0.717, 1.165) is 12.0 Å². The molecule has 1 aliphatic heterocycles. The predicted octanol–water partition coefficient (Wildman–Crippen LogP) is 0.221. The van der Waals surface area contributed by atoms with Gasteiger partial charge in [-0.1, -0.05) is 0 Å². The molecule has 6 nitrogen and oxygen atoms in total. The van der Waals surface area contributed by atoms with E-state index < -0.39 is 6.23 Å². The zero-order chi connectivity index (χ0) is 13.1. The number of methoxy groups -OCH3 is 1. The lowest BCUT2D eigenvalue weighted by Gasteiger charge is -2.22. The number of aldehydes is 1. The van der Waals surface area contributed by atoms with Crippen molar-refractivity contribution in [3.05, 3.63) is 17.7 Å². The van der Waals surface area contributed by atoms with Crippen LogP contribution in [0.3, 0.4) is 0 Å². The third-order valence-electron chi connectivity index (χ3n) is 2.95. The van der Waals surface area contributed by atoms with E-state index in [1.807, 2.05) is 0 Å². The SMILES string of the molecule is COc1cc(N2CCOC2C=O)cc(CN)c1O. The smallest absolute Gasteiger partial charge is 0.186 e. The highest BCUT2D eigenvalue weighted by Gasteiger charge is 2.26. The van der Waals surface area contributed by atoms with E-state index in [4.69, 9.17) is 15.2 Å². The number of nitrogens with two attached hydrogens (primary N) is 1. The van der Waals surface area contributed by atoms with E-state index in [0.29, 0.717) is 24.5 Å². The van der Waals surface area contributed by atoms with Crippen molar-refractivity contribution in [2.45, 2.75) is 12.8 Å². The Balaban J connectivity index is 2.41. The van der Waals surface area contributed by atoms with Crippen LogP contribution in [0.25, 0.3) is 0 Å². The highest BCUT2D eigenvalue weighted by molar-refractivity contribution is 5.68. The van der Waals surface area contributed by atoms with Crippen molar-refractivity contribution in [1.82, 2.24) is 0 Å². The summed E-state index contributed by atoms with van der Waals surface area (Å²) in [6.45, 7) is 1.29. The second-order valence-corrected chi connectivity index (χ2v) is 3.95. The molecule has 0 aliphatic carbocycles. The van der Waals surface area contributed by atoms with Crippen LogP contribution in [0.1, 0.15) is 5.56 Å². The van der Waals surface area contributed by atoms with Crippen LogP contribution in [-0.4, -0.2) is 37.9 Å². The number of carbonyl (C=O) groups is 1. The Bertz CT molecular complexity index is 425. The van der Waals surface area contributed by atoms with E-state index in [9.17, 15) is 9.90 Å². The number of phenolic OH excluding ortho intramolecular Hbond substituents is 1. The molecule has 1 unspecified atom stereocenters. The molecular weight excluding hydrogens is 236 g/mol. The first kappa shape index (κ1) is 12.7. The van der Waals surface area contributed by atoms with Crippen molar-refractivity contribution in [3.8, 4) is 11.5 Å². The predicted molar refractivity (Wildman–Crippen MR) is 65.7 cm³/mol. The molecule has 0 saturated carbocycles. The van der Waals surface area contributed by atoms with Crippen LogP contribution < -0.4 is 15.4 Å². The monoisotopic (exact) mass is 252 g/mol. The minimum Gasteiger partial charge on any atom is -0.504 e. The van der Waals surface area contributed by atoms with Crippen LogP contribution in [0.2, 0.25) is 0 Å². The van der Waals surface area contributed by atoms with Gasteiger partial charge in [0.1, 0.15) is 0 Å². The molecule has 1 aromatic rings. The number of phenols is 1. The van der Waals surface area contributed by atoms with Crippen LogP contribution in [0.4, 0.5) is 5.69 Å². The number of nitrogens with zero attached hydrogens (tertiary/aromatic N) is 1. The summed E-state index contributed by atoms with van der Waals surface area (Å²) in [5.74, 6) is 0.371. The van der Waals surface area contributed by atoms with Crippen LogP contribution in [-0.2, 0) is 16.1 Å². The molecule has 1 saturated heterocycles. The molecule has 3 N–H and O–H groups in total. The van der Waals surface area contributed by atoms with Gasteiger partial charge in [0.05, 0.1) is 13.7 Å². The highest BCUT2D eigenvalue weighted by Crippen LogP contribution is 2.36. The Morgan fingerprint density at radius 1 is 1.67 bits per heavy atom. The number of anilines is 1. The molecule has 1 aromatic carbocycles. The molecule has 1 fully saturated rings. The number of ether oxygens (including phenoxy) is 2. The fourth-order valence-corrected chi connectivity index (χ4v) is 2.00. The van der Waals surface area contributed by atoms with Crippen LogP contribution in [0.15, 0.2) is 12.1 Å². The first-order valence-electron chi connectivity index (χ1n) is 5.64. The molecule has 1 heterocycles. The molecule has 0 amide bonds. The Morgan fingerprint density at radius 2 is 2.44 bits per heavy atom. The van der Waals surface area contributed by atoms with Gasteiger partial charge in [0.2, 0.25) is 0 Å². The molecule has 1 atom stereocenters. The van der Waals surface area contributed by atoms with Gasteiger partial charge in [-0.15, -0.1) is 0 Å². The molecule has 0 spiro atoms. The van der Waals surface area contributed by atoms with E-state index in [-0.39, 0.29) is 12.3 Å². The first-order valence-corrected chi connectivity index (χ1v) is 5.64. The number of hydrogen-bond donors (Lipinski definition) is 2. The van der Waals surface area contributed by atoms with Gasteiger partial charge in [-0.25, -0.2) is 0 Å². The van der Waals surface area contributed by atoms with Gasteiger partial charge < -0.3 is 25.2 Å². The topological polar surface area (TPSA) is 85.0 Å². The highest BCUT2D eigenvalue weighted by atomic mass is 16.5. The van der Waals surface area contributed by atoms with Gasteiger partial charge in [0, 0.05) is 30.4 Å². The van der Waals surface area contributed by atoms with Gasteiger partial charge in [-0.2, -0.15) is 0 Å². The Hall–Kier alpha value is -1.79. The number of benzene rings is 1. The minimum absolute atomic E-state index is 0.0338. The maximum Gasteiger partial charge on any atom is 0.186 e. The van der Waals surface area contributed by atoms with Crippen molar-refractivity contribution < 1.29 is 19.4 Å². The van der Waals surface area contributed by atoms with Crippen LogP contribution in [0, 0.1) is 0 Å². The average Bonchev–Trinajstić information content (AvgIpc) is 2.87. The lowest BCUT2D eigenvalue weighted by Crippen LogP contribution is -2.31. The van der Waals surface area contributed by atoms with Crippen molar-refractivity contribution in [2.24, 2.45) is 5.73 Å². The maximum absolute atomic E-state index is 10.9. The standard InChI is InChI=1S/C12H16N2O4/c1-17-10-5-9(4-8(6-13)12(10)16)14-2-3-18-11(14)7-15/h4-5,7,11,16H,2-3,6,13H2,1H3.